The van der Waals surface area contributed by atoms with Gasteiger partial charge in [-0.3, -0.25) is 10.2 Å². The Balaban J connectivity index is 1.46. The summed E-state index contributed by atoms with van der Waals surface area (Å²) in [5, 5.41) is 5.14. The molecule has 0 bridgehead atoms. The Hall–Kier alpha value is -2.38. The second-order valence-corrected chi connectivity index (χ2v) is 7.07. The normalized spacial score (nSPS) is 14.9. The van der Waals surface area contributed by atoms with Crippen LogP contribution in [-0.4, -0.2) is 61.6 Å². The van der Waals surface area contributed by atoms with E-state index < -0.39 is 5.97 Å². The maximum atomic E-state index is 12.5. The Morgan fingerprint density at radius 2 is 1.85 bits per heavy atom. The number of amides is 2. The van der Waals surface area contributed by atoms with E-state index in [1.165, 1.54) is 24.0 Å². The molecule has 7 heteroatoms. The van der Waals surface area contributed by atoms with E-state index in [0.717, 1.165) is 26.1 Å². The zero-order valence-electron chi connectivity index (χ0n) is 14.8. The molecule has 1 N–H and O–H groups in total. The zero-order valence-corrected chi connectivity index (χ0v) is 15.6. The molecular formula is C19H23N3O3S. The van der Waals surface area contributed by atoms with Crippen LogP contribution in [-0.2, 0) is 11.2 Å². The Bertz CT molecular complexity index is 739. The smallest absolute Gasteiger partial charge is 0.340 e. The minimum atomic E-state index is -0.438. The van der Waals surface area contributed by atoms with Gasteiger partial charge < -0.3 is 9.64 Å². The highest BCUT2D eigenvalue weighted by atomic mass is 32.1. The maximum absolute atomic E-state index is 12.5. The molecule has 0 unspecified atom stereocenters. The van der Waals surface area contributed by atoms with Crippen LogP contribution in [0, 0.1) is 0 Å². The van der Waals surface area contributed by atoms with Crippen molar-refractivity contribution < 1.29 is 14.3 Å². The number of nitrogens with zero attached hydrogens (tertiary/aromatic N) is 2. The number of anilines is 1. The molecule has 1 fully saturated rings. The molecule has 0 radical (unpaired) electrons. The summed E-state index contributed by atoms with van der Waals surface area (Å²) < 4.78 is 4.74. The van der Waals surface area contributed by atoms with Gasteiger partial charge in [0.2, 0.25) is 0 Å². The molecule has 0 atom stereocenters. The first-order chi connectivity index (χ1) is 12.7. The molecule has 0 aliphatic carbocycles. The third-order valence-electron chi connectivity index (χ3n) is 4.51. The van der Waals surface area contributed by atoms with Gasteiger partial charge in [0.05, 0.1) is 12.7 Å². The van der Waals surface area contributed by atoms with Gasteiger partial charge in [-0.2, -0.15) is 0 Å². The topological polar surface area (TPSA) is 61.9 Å². The lowest BCUT2D eigenvalue weighted by Crippen LogP contribution is -2.50. The highest BCUT2D eigenvalue weighted by molar-refractivity contribution is 7.14. The number of methoxy groups -OCH3 is 1. The van der Waals surface area contributed by atoms with E-state index in [9.17, 15) is 9.59 Å². The Labute approximate surface area is 157 Å². The number of thiophene rings is 1. The van der Waals surface area contributed by atoms with Crippen LogP contribution in [0.4, 0.5) is 9.80 Å². The number of hydrogen-bond acceptors (Lipinski definition) is 5. The first kappa shape index (κ1) is 18.4. The average Bonchev–Trinajstić information content (AvgIpc) is 3.15. The van der Waals surface area contributed by atoms with Crippen LogP contribution >= 0.6 is 11.3 Å². The molecule has 1 aliphatic heterocycles. The summed E-state index contributed by atoms with van der Waals surface area (Å²) >= 11 is 1.32. The molecule has 1 aromatic heterocycles. The molecule has 1 aliphatic rings. The number of carbonyl (C=O) groups is 2. The van der Waals surface area contributed by atoms with Crippen molar-refractivity contribution in [1.82, 2.24) is 9.80 Å². The maximum Gasteiger partial charge on any atom is 0.340 e. The van der Waals surface area contributed by atoms with Gasteiger partial charge in [-0.1, -0.05) is 30.3 Å². The Kier molecular flexibility index (Phi) is 6.25. The van der Waals surface area contributed by atoms with E-state index >= 15 is 0 Å². The summed E-state index contributed by atoms with van der Waals surface area (Å²) in [6, 6.07) is 11.9. The fourth-order valence-electron chi connectivity index (χ4n) is 2.96. The molecule has 3 rings (SSSR count). The summed E-state index contributed by atoms with van der Waals surface area (Å²) in [4.78, 5) is 28.3. The molecule has 2 heterocycles. The summed E-state index contributed by atoms with van der Waals surface area (Å²) in [5.74, 6) is -0.438. The number of piperazine rings is 1. The third-order valence-corrected chi connectivity index (χ3v) is 5.34. The van der Waals surface area contributed by atoms with Gasteiger partial charge in [0.1, 0.15) is 5.00 Å². The second kappa shape index (κ2) is 8.82. The van der Waals surface area contributed by atoms with Gasteiger partial charge in [-0.15, -0.1) is 11.3 Å². The van der Waals surface area contributed by atoms with Crippen molar-refractivity contribution in [2.75, 3.05) is 45.2 Å². The summed E-state index contributed by atoms with van der Waals surface area (Å²) in [7, 11) is 1.33. The van der Waals surface area contributed by atoms with E-state index in [1.54, 1.807) is 16.3 Å². The lowest BCUT2D eigenvalue weighted by atomic mass is 10.1. The molecule has 6 nitrogen and oxygen atoms in total. The number of nitrogens with one attached hydrogen (secondary N) is 1. The molecule has 26 heavy (non-hydrogen) atoms. The largest absolute Gasteiger partial charge is 0.465 e. The molecule has 1 aromatic carbocycles. The third kappa shape index (κ3) is 4.62. The van der Waals surface area contributed by atoms with Crippen molar-refractivity contribution in [1.29, 1.82) is 0 Å². The van der Waals surface area contributed by atoms with Gasteiger partial charge in [-0.05, 0) is 23.4 Å². The van der Waals surface area contributed by atoms with Crippen molar-refractivity contribution >= 4 is 28.3 Å². The van der Waals surface area contributed by atoms with Crippen LogP contribution in [0.25, 0.3) is 0 Å². The van der Waals surface area contributed by atoms with Crippen molar-refractivity contribution in [3.8, 4) is 0 Å². The molecule has 138 valence electrons. The van der Waals surface area contributed by atoms with Gasteiger partial charge in [0.25, 0.3) is 0 Å². The fraction of sp³-hybridized carbons (Fsp3) is 0.368. The van der Waals surface area contributed by atoms with E-state index in [1.807, 2.05) is 6.07 Å². The first-order valence-electron chi connectivity index (χ1n) is 8.65. The minimum absolute atomic E-state index is 0.166. The highest BCUT2D eigenvalue weighted by Gasteiger charge is 2.23. The van der Waals surface area contributed by atoms with Crippen LogP contribution in [0.5, 0.6) is 0 Å². The first-order valence-corrected chi connectivity index (χ1v) is 9.53. The van der Waals surface area contributed by atoms with Crippen molar-refractivity contribution in [3.63, 3.8) is 0 Å². The predicted octanol–water partition coefficient (Wildman–Crippen LogP) is 2.93. The van der Waals surface area contributed by atoms with Crippen LogP contribution < -0.4 is 5.32 Å². The van der Waals surface area contributed by atoms with Gasteiger partial charge in [-0.25, -0.2) is 9.59 Å². The molecule has 1 saturated heterocycles. The van der Waals surface area contributed by atoms with Crippen molar-refractivity contribution in [2.45, 2.75) is 6.42 Å². The standard InChI is InChI=1S/C19H23N3O3S/c1-25-18(23)16-8-14-26-17(16)20-19(24)22-12-10-21(11-13-22)9-7-15-5-3-2-4-6-15/h2-6,8,14H,7,9-13H2,1H3,(H,20,24). The van der Waals surface area contributed by atoms with Crippen LogP contribution in [0.1, 0.15) is 15.9 Å². The van der Waals surface area contributed by atoms with E-state index in [4.69, 9.17) is 4.74 Å². The average molecular weight is 373 g/mol. The molecule has 0 saturated carbocycles. The van der Waals surface area contributed by atoms with Crippen LogP contribution in [0.2, 0.25) is 0 Å². The second-order valence-electron chi connectivity index (χ2n) is 6.15. The fourth-order valence-corrected chi connectivity index (χ4v) is 3.72. The molecule has 2 aromatic rings. The summed E-state index contributed by atoms with van der Waals surface area (Å²) in [5.41, 5.74) is 1.73. The number of rotatable bonds is 5. The number of hydrogen-bond donors (Lipinski definition) is 1. The lowest BCUT2D eigenvalue weighted by molar-refractivity contribution is 0.0602. The monoisotopic (exact) mass is 373 g/mol. The number of benzene rings is 1. The number of carbonyl (C=O) groups excluding carboxylic acids is 2. The number of ether oxygens (including phenoxy) is 1. The summed E-state index contributed by atoms with van der Waals surface area (Å²) in [6.45, 7) is 4.07. The van der Waals surface area contributed by atoms with Gasteiger partial charge in [0, 0.05) is 32.7 Å². The van der Waals surface area contributed by atoms with E-state index in [0.29, 0.717) is 23.7 Å². The summed E-state index contributed by atoms with van der Waals surface area (Å²) in [6.07, 6.45) is 1.02. The van der Waals surface area contributed by atoms with E-state index in [-0.39, 0.29) is 6.03 Å². The van der Waals surface area contributed by atoms with Crippen molar-refractivity contribution in [3.05, 3.63) is 52.9 Å². The van der Waals surface area contributed by atoms with Crippen LogP contribution in [0.3, 0.4) is 0 Å². The van der Waals surface area contributed by atoms with Crippen LogP contribution in [0.15, 0.2) is 41.8 Å². The quantitative estimate of drug-likeness (QED) is 0.819. The van der Waals surface area contributed by atoms with Gasteiger partial charge >= 0.3 is 12.0 Å². The van der Waals surface area contributed by atoms with Gasteiger partial charge in [0.15, 0.2) is 0 Å². The SMILES string of the molecule is COC(=O)c1ccsc1NC(=O)N1CCN(CCc2ccccc2)CC1. The molecule has 2 amide bonds. The number of urea groups is 1. The number of esters is 1. The zero-order chi connectivity index (χ0) is 18.4. The van der Waals surface area contributed by atoms with E-state index in [2.05, 4.69) is 34.5 Å². The predicted molar refractivity (Wildman–Crippen MR) is 103 cm³/mol. The Morgan fingerprint density at radius 3 is 2.54 bits per heavy atom. The Morgan fingerprint density at radius 1 is 1.12 bits per heavy atom. The molecular weight excluding hydrogens is 350 g/mol. The highest BCUT2D eigenvalue weighted by Crippen LogP contribution is 2.24. The molecule has 0 spiro atoms. The van der Waals surface area contributed by atoms with Crippen molar-refractivity contribution in [2.24, 2.45) is 0 Å². The lowest BCUT2D eigenvalue weighted by Gasteiger charge is -2.34. The minimum Gasteiger partial charge on any atom is -0.465 e.